The Morgan fingerprint density at radius 2 is 1.27 bits per heavy atom. The number of anilines is 1. The van der Waals surface area contributed by atoms with Crippen LogP contribution in [0.3, 0.4) is 0 Å². The van der Waals surface area contributed by atoms with E-state index in [1.807, 2.05) is 0 Å². The molecule has 4 aliphatic carbocycles. The number of amides is 2. The van der Waals surface area contributed by atoms with Crippen molar-refractivity contribution in [3.63, 3.8) is 0 Å². The zero-order valence-corrected chi connectivity index (χ0v) is 26.0. The molecule has 4 aliphatic heterocycles. The van der Waals surface area contributed by atoms with E-state index < -0.39 is 58.1 Å². The number of halogens is 7. The van der Waals surface area contributed by atoms with Gasteiger partial charge < -0.3 is 30.6 Å². The van der Waals surface area contributed by atoms with Crippen molar-refractivity contribution in [3.8, 4) is 12.0 Å². The molecule has 8 atom stereocenters. The molecule has 2 aromatic carbocycles. The summed E-state index contributed by atoms with van der Waals surface area (Å²) in [6.07, 6.45) is 12.8. The lowest BCUT2D eigenvalue weighted by atomic mass is 9.65. The molecular weight excluding hydrogens is 666 g/mol. The summed E-state index contributed by atoms with van der Waals surface area (Å²) in [6.45, 7) is 0. The second kappa shape index (κ2) is 14.7. The smallest absolute Gasteiger partial charge is 0.321 e. The molecule has 8 bridgehead atoms. The first-order chi connectivity index (χ1) is 21.8. The predicted molar refractivity (Wildman–Crippen MR) is 165 cm³/mol. The summed E-state index contributed by atoms with van der Waals surface area (Å²) in [5.41, 5.74) is 4.79. The number of nitrogens with one attached hydrogen (secondary N) is 2. The van der Waals surface area contributed by atoms with Crippen LogP contribution in [-0.2, 0) is 9.47 Å². The van der Waals surface area contributed by atoms with Crippen molar-refractivity contribution in [3.05, 3.63) is 59.2 Å². The minimum Gasteiger partial charge on any atom is -0.385 e. The summed E-state index contributed by atoms with van der Waals surface area (Å²) in [7, 11) is 0. The Labute approximate surface area is 281 Å². The number of urea groups is 1. The van der Waals surface area contributed by atoms with Gasteiger partial charge in [-0.3, -0.25) is 0 Å². The number of hydrogen-bond donors (Lipinski definition) is 3. The van der Waals surface area contributed by atoms with Gasteiger partial charge in [-0.1, -0.05) is 7.43 Å². The van der Waals surface area contributed by atoms with Crippen LogP contribution in [0.4, 0.5) is 36.8 Å². The van der Waals surface area contributed by atoms with Crippen molar-refractivity contribution in [2.24, 2.45) is 29.4 Å². The summed E-state index contributed by atoms with van der Waals surface area (Å²) in [6, 6.07) is 2.60. The van der Waals surface area contributed by atoms with Gasteiger partial charge in [-0.25, -0.2) is 26.7 Å². The van der Waals surface area contributed by atoms with Gasteiger partial charge in [-0.05, 0) is 112 Å². The fourth-order valence-corrected chi connectivity index (χ4v) is 8.54. The van der Waals surface area contributed by atoms with Crippen molar-refractivity contribution in [1.82, 2.24) is 5.32 Å². The normalized spacial score (nSPS) is 32.6. The molecule has 264 valence electrons. The fourth-order valence-electron chi connectivity index (χ4n) is 8.54. The molecule has 48 heavy (non-hydrogen) atoms. The topological polar surface area (TPSA) is 119 Å². The third-order valence-electron chi connectivity index (χ3n) is 9.80. The predicted octanol–water partition coefficient (Wildman–Crippen LogP) is 7.80. The molecule has 4 heterocycles. The standard InChI is InChI=1S/C16H17F3N2O2.C9H15NO.C7H2F3NO.CH4.ClH/c17-11-1-2-12(14(19)13(11)18)20-15(22)21-16-6-8-3-9(7-16)5-10(4-8)23-16;10-9-4-6-1-7(5-9)3-8(2-6)11-9;8-4-1-2-5(12-3-11)7(10)6(4)9;;/h1-2,8-10H,3-7H2,(H2,20,21,22);6-8H,1-5,10H2;1-2H;1H4;1H/t8-,9?,10?,16?;6-,7?,8?,9?;;;/m00.../s1. The Balaban J connectivity index is 0.000000176. The lowest BCUT2D eigenvalue weighted by molar-refractivity contribution is -0.227. The highest BCUT2D eigenvalue weighted by molar-refractivity contribution is 5.89. The Kier molecular flexibility index (Phi) is 11.5. The molecule has 8 fully saturated rings. The molecular formula is C33H39ClF6N4O4. The molecule has 2 amide bonds. The van der Waals surface area contributed by atoms with Crippen LogP contribution in [0.15, 0.2) is 24.3 Å². The molecule has 0 spiro atoms. The highest BCUT2D eigenvalue weighted by Gasteiger charge is 2.53. The minimum absolute atomic E-state index is 0. The van der Waals surface area contributed by atoms with Gasteiger partial charge in [-0.15, -0.1) is 17.7 Å². The number of rotatable bonds is 3. The lowest BCUT2D eigenvalue weighted by Gasteiger charge is -2.56. The number of nitrogens with two attached hydrogens (primary N) is 1. The monoisotopic (exact) mass is 704 g/mol. The molecule has 10 rings (SSSR count). The molecule has 0 aromatic heterocycles. The van der Waals surface area contributed by atoms with Gasteiger partial charge in [0.05, 0.1) is 17.9 Å². The van der Waals surface area contributed by atoms with Crippen molar-refractivity contribution in [2.75, 3.05) is 5.32 Å². The summed E-state index contributed by atoms with van der Waals surface area (Å²) in [5.74, 6) is -6.53. The SMILES string of the molecule is C.Cl.N#COc1ccc(F)c(F)c1F.NC12CC3CC(C[C@H](C3)C1)O2.O=C(Nc1ccc(F)c(F)c1F)NC12CC3CC(C[C@H](C3)C1)O2. The zero-order chi connectivity index (χ0) is 32.8. The molecule has 15 heteroatoms. The number of benzene rings is 2. The van der Waals surface area contributed by atoms with Crippen LogP contribution in [0.5, 0.6) is 5.75 Å². The van der Waals surface area contributed by atoms with E-state index in [1.54, 1.807) is 0 Å². The average Bonchev–Trinajstić information content (AvgIpc) is 2.96. The first-order valence-electron chi connectivity index (χ1n) is 15.4. The van der Waals surface area contributed by atoms with E-state index in [0.717, 1.165) is 74.8 Å². The van der Waals surface area contributed by atoms with Gasteiger partial charge in [0.2, 0.25) is 5.82 Å². The summed E-state index contributed by atoms with van der Waals surface area (Å²) < 4.78 is 92.7. The molecule has 8 nitrogen and oxygen atoms in total. The van der Waals surface area contributed by atoms with E-state index >= 15 is 0 Å². The second-order valence-electron chi connectivity index (χ2n) is 13.4. The van der Waals surface area contributed by atoms with Gasteiger partial charge in [0.15, 0.2) is 34.8 Å². The molecule has 8 aliphatic rings. The van der Waals surface area contributed by atoms with Crippen LogP contribution in [0.1, 0.15) is 71.6 Å². The average molecular weight is 705 g/mol. The van der Waals surface area contributed by atoms with Crippen LogP contribution < -0.4 is 21.1 Å². The number of carbonyl (C=O) groups is 1. The largest absolute Gasteiger partial charge is 0.385 e. The van der Waals surface area contributed by atoms with Crippen LogP contribution in [0.25, 0.3) is 0 Å². The van der Waals surface area contributed by atoms with E-state index in [4.69, 9.17) is 20.5 Å². The maximum atomic E-state index is 13.6. The van der Waals surface area contributed by atoms with Crippen LogP contribution in [-0.4, -0.2) is 29.7 Å². The van der Waals surface area contributed by atoms with Gasteiger partial charge in [0.25, 0.3) is 6.26 Å². The fraction of sp³-hybridized carbons (Fsp3) is 0.576. The molecule has 4 N–H and O–H groups in total. The van der Waals surface area contributed by atoms with Gasteiger partial charge in [0.1, 0.15) is 11.4 Å². The number of ether oxygens (including phenoxy) is 3. The van der Waals surface area contributed by atoms with E-state index in [9.17, 15) is 31.1 Å². The van der Waals surface area contributed by atoms with Gasteiger partial charge in [-0.2, -0.15) is 4.39 Å². The Bertz CT molecular complexity index is 1470. The van der Waals surface area contributed by atoms with E-state index in [2.05, 4.69) is 15.4 Å². The van der Waals surface area contributed by atoms with E-state index in [0.29, 0.717) is 24.0 Å². The van der Waals surface area contributed by atoms with Crippen LogP contribution in [0, 0.1) is 70.1 Å². The molecule has 6 unspecified atom stereocenters. The quantitative estimate of drug-likeness (QED) is 0.171. The highest BCUT2D eigenvalue weighted by Crippen LogP contribution is 2.52. The zero-order valence-electron chi connectivity index (χ0n) is 25.2. The van der Waals surface area contributed by atoms with E-state index in [-0.39, 0.29) is 31.7 Å². The van der Waals surface area contributed by atoms with Gasteiger partial charge in [0, 0.05) is 0 Å². The summed E-state index contributed by atoms with van der Waals surface area (Å²) in [5, 5.41) is 13.0. The maximum absolute atomic E-state index is 13.6. The number of carbonyl (C=O) groups excluding carboxylic acids is 1. The van der Waals surface area contributed by atoms with Crippen molar-refractivity contribution in [2.45, 2.75) is 95.3 Å². The van der Waals surface area contributed by atoms with Crippen molar-refractivity contribution in [1.29, 1.82) is 5.26 Å². The minimum atomic E-state index is -1.65. The molecule has 0 radical (unpaired) electrons. The van der Waals surface area contributed by atoms with E-state index in [1.165, 1.54) is 25.7 Å². The summed E-state index contributed by atoms with van der Waals surface area (Å²) in [4.78, 5) is 12.2. The molecule has 2 aromatic rings. The maximum Gasteiger partial charge on any atom is 0.321 e. The highest BCUT2D eigenvalue weighted by atomic mass is 35.5. The Hall–Kier alpha value is -3.25. The number of nitriles is 1. The molecule has 4 saturated carbocycles. The Morgan fingerprint density at radius 3 is 1.77 bits per heavy atom. The lowest BCUT2D eigenvalue weighted by Crippen LogP contribution is -2.63. The third-order valence-corrected chi connectivity index (χ3v) is 9.80. The van der Waals surface area contributed by atoms with Crippen molar-refractivity contribution < 1.29 is 45.3 Å². The first kappa shape index (κ1) is 37.6. The Morgan fingerprint density at radius 1 is 0.771 bits per heavy atom. The third kappa shape index (κ3) is 7.96. The summed E-state index contributed by atoms with van der Waals surface area (Å²) >= 11 is 0. The van der Waals surface area contributed by atoms with Gasteiger partial charge >= 0.3 is 6.03 Å². The number of nitrogens with zero attached hydrogens (tertiary/aromatic N) is 1. The van der Waals surface area contributed by atoms with Crippen LogP contribution in [0.2, 0.25) is 0 Å². The second-order valence-corrected chi connectivity index (χ2v) is 13.4. The van der Waals surface area contributed by atoms with Crippen molar-refractivity contribution >= 4 is 24.1 Å². The first-order valence-corrected chi connectivity index (χ1v) is 15.4. The molecule has 4 saturated heterocycles. The number of hydrogen-bond acceptors (Lipinski definition) is 6. The van der Waals surface area contributed by atoms with Crippen LogP contribution >= 0.6 is 12.4 Å².